The zero-order chi connectivity index (χ0) is 16.8. The van der Waals surface area contributed by atoms with E-state index in [1.54, 1.807) is 24.3 Å². The van der Waals surface area contributed by atoms with E-state index in [9.17, 15) is 9.59 Å². The van der Waals surface area contributed by atoms with Crippen molar-refractivity contribution in [2.75, 3.05) is 5.32 Å². The van der Waals surface area contributed by atoms with Crippen molar-refractivity contribution in [2.24, 2.45) is 5.73 Å². The average Bonchev–Trinajstić information content (AvgIpc) is 2.54. The summed E-state index contributed by atoms with van der Waals surface area (Å²) in [6.45, 7) is 3.84. The molecule has 0 saturated carbocycles. The van der Waals surface area contributed by atoms with Gasteiger partial charge in [-0.25, -0.2) is 0 Å². The molecule has 0 aliphatic heterocycles. The van der Waals surface area contributed by atoms with Gasteiger partial charge in [0.05, 0.1) is 11.3 Å². The van der Waals surface area contributed by atoms with E-state index in [4.69, 9.17) is 10.5 Å². The number of para-hydroxylation sites is 1. The van der Waals surface area contributed by atoms with Gasteiger partial charge in [0.15, 0.2) is 6.10 Å². The Bertz CT molecular complexity index is 696. The van der Waals surface area contributed by atoms with Crippen molar-refractivity contribution in [3.8, 4) is 5.75 Å². The fraction of sp³-hybridized carbons (Fsp3) is 0.222. The van der Waals surface area contributed by atoms with Crippen LogP contribution >= 0.6 is 0 Å². The molecule has 0 aliphatic rings. The van der Waals surface area contributed by atoms with Crippen molar-refractivity contribution < 1.29 is 14.3 Å². The molecule has 0 spiro atoms. The van der Waals surface area contributed by atoms with Gasteiger partial charge in [0.2, 0.25) is 0 Å². The fourth-order valence-electron chi connectivity index (χ4n) is 2.12. The van der Waals surface area contributed by atoms with Crippen molar-refractivity contribution in [3.05, 3.63) is 59.7 Å². The summed E-state index contributed by atoms with van der Waals surface area (Å²) in [6, 6.07) is 14.1. The maximum atomic E-state index is 12.4. The molecule has 0 fully saturated rings. The lowest BCUT2D eigenvalue weighted by Crippen LogP contribution is -2.33. The van der Waals surface area contributed by atoms with Gasteiger partial charge < -0.3 is 15.8 Å². The Hall–Kier alpha value is -2.82. The SMILES string of the molecule is CC[C@@H](Oc1ccc(C)cc1)C(=O)Nc1ccccc1C(N)=O. The molecule has 0 unspecified atom stereocenters. The first-order valence-electron chi connectivity index (χ1n) is 7.44. The van der Waals surface area contributed by atoms with Gasteiger partial charge >= 0.3 is 0 Å². The standard InChI is InChI=1S/C18H20N2O3/c1-3-16(23-13-10-8-12(2)9-11-13)18(22)20-15-7-5-4-6-14(15)17(19)21/h4-11,16H,3H2,1-2H3,(H2,19,21)(H,20,22)/t16-/m1/s1. The number of nitrogens with two attached hydrogens (primary N) is 1. The van der Waals surface area contributed by atoms with Crippen LogP contribution in [0.25, 0.3) is 0 Å². The third kappa shape index (κ3) is 4.32. The minimum atomic E-state index is -0.654. The zero-order valence-corrected chi connectivity index (χ0v) is 13.2. The second kappa shape index (κ2) is 7.45. The average molecular weight is 312 g/mol. The summed E-state index contributed by atoms with van der Waals surface area (Å²) < 4.78 is 5.72. The second-order valence-corrected chi connectivity index (χ2v) is 5.23. The van der Waals surface area contributed by atoms with E-state index in [0.717, 1.165) is 5.56 Å². The first-order valence-corrected chi connectivity index (χ1v) is 7.44. The van der Waals surface area contributed by atoms with Crippen LogP contribution in [0.3, 0.4) is 0 Å². The van der Waals surface area contributed by atoms with E-state index in [-0.39, 0.29) is 11.5 Å². The predicted molar refractivity (Wildman–Crippen MR) is 89.5 cm³/mol. The molecule has 0 radical (unpaired) electrons. The van der Waals surface area contributed by atoms with Crippen LogP contribution in [0, 0.1) is 6.92 Å². The van der Waals surface area contributed by atoms with Gasteiger partial charge in [0, 0.05) is 0 Å². The van der Waals surface area contributed by atoms with E-state index in [2.05, 4.69) is 5.32 Å². The van der Waals surface area contributed by atoms with Gasteiger partial charge in [-0.2, -0.15) is 0 Å². The molecule has 0 aliphatic carbocycles. The molecule has 23 heavy (non-hydrogen) atoms. The number of carbonyl (C=O) groups is 2. The van der Waals surface area contributed by atoms with E-state index >= 15 is 0 Å². The first-order chi connectivity index (χ1) is 11.0. The van der Waals surface area contributed by atoms with Crippen LogP contribution in [0.2, 0.25) is 0 Å². The molecule has 0 aromatic heterocycles. The number of hydrogen-bond donors (Lipinski definition) is 2. The summed E-state index contributed by atoms with van der Waals surface area (Å²) in [6.07, 6.45) is -0.156. The molecule has 0 heterocycles. The highest BCUT2D eigenvalue weighted by atomic mass is 16.5. The molecule has 0 bridgehead atoms. The number of nitrogens with one attached hydrogen (secondary N) is 1. The highest BCUT2D eigenvalue weighted by Gasteiger charge is 2.20. The van der Waals surface area contributed by atoms with E-state index < -0.39 is 12.0 Å². The third-order valence-electron chi connectivity index (χ3n) is 3.41. The number of ether oxygens (including phenoxy) is 1. The summed E-state index contributed by atoms with van der Waals surface area (Å²) in [5.74, 6) is -0.282. The van der Waals surface area contributed by atoms with Crippen LogP contribution in [0.5, 0.6) is 5.75 Å². The number of primary amides is 1. The Morgan fingerprint density at radius 3 is 2.39 bits per heavy atom. The van der Waals surface area contributed by atoms with Gasteiger partial charge in [-0.3, -0.25) is 9.59 Å². The smallest absolute Gasteiger partial charge is 0.265 e. The number of hydrogen-bond acceptors (Lipinski definition) is 3. The Kier molecular flexibility index (Phi) is 5.36. The number of benzene rings is 2. The molecule has 2 aromatic rings. The van der Waals surface area contributed by atoms with E-state index in [0.29, 0.717) is 17.9 Å². The molecule has 2 aromatic carbocycles. The first kappa shape index (κ1) is 16.5. The fourth-order valence-corrected chi connectivity index (χ4v) is 2.12. The third-order valence-corrected chi connectivity index (χ3v) is 3.41. The molecule has 5 heteroatoms. The van der Waals surface area contributed by atoms with Gasteiger partial charge in [0.25, 0.3) is 11.8 Å². The zero-order valence-electron chi connectivity index (χ0n) is 13.2. The van der Waals surface area contributed by atoms with Crippen LogP contribution in [0.15, 0.2) is 48.5 Å². The summed E-state index contributed by atoms with van der Waals surface area (Å²) in [4.78, 5) is 23.8. The minimum Gasteiger partial charge on any atom is -0.481 e. The van der Waals surface area contributed by atoms with E-state index in [1.807, 2.05) is 38.1 Å². The highest BCUT2D eigenvalue weighted by molar-refractivity contribution is 6.04. The van der Waals surface area contributed by atoms with Crippen LogP contribution in [-0.4, -0.2) is 17.9 Å². The molecule has 120 valence electrons. The van der Waals surface area contributed by atoms with Gasteiger partial charge in [0.1, 0.15) is 5.75 Å². The maximum Gasteiger partial charge on any atom is 0.265 e. The molecular formula is C18H20N2O3. The summed E-state index contributed by atoms with van der Waals surface area (Å²) in [5.41, 5.74) is 7.09. The summed E-state index contributed by atoms with van der Waals surface area (Å²) in [5, 5.41) is 2.71. The van der Waals surface area contributed by atoms with Crippen LogP contribution < -0.4 is 15.8 Å². The number of anilines is 1. The number of carbonyl (C=O) groups excluding carboxylic acids is 2. The normalized spacial score (nSPS) is 11.6. The largest absolute Gasteiger partial charge is 0.481 e. The van der Waals surface area contributed by atoms with Crippen molar-refractivity contribution in [3.63, 3.8) is 0 Å². The molecular weight excluding hydrogens is 292 g/mol. The highest BCUT2D eigenvalue weighted by Crippen LogP contribution is 2.18. The van der Waals surface area contributed by atoms with Crippen LogP contribution in [0.4, 0.5) is 5.69 Å². The second-order valence-electron chi connectivity index (χ2n) is 5.23. The number of rotatable bonds is 6. The van der Waals surface area contributed by atoms with Crippen LogP contribution in [0.1, 0.15) is 29.3 Å². The van der Waals surface area contributed by atoms with Crippen molar-refractivity contribution in [1.82, 2.24) is 0 Å². The van der Waals surface area contributed by atoms with Crippen molar-refractivity contribution in [1.29, 1.82) is 0 Å². The monoisotopic (exact) mass is 312 g/mol. The van der Waals surface area contributed by atoms with E-state index in [1.165, 1.54) is 0 Å². The van der Waals surface area contributed by atoms with Gasteiger partial charge in [-0.05, 0) is 37.6 Å². The number of amides is 2. The topological polar surface area (TPSA) is 81.4 Å². The van der Waals surface area contributed by atoms with Crippen molar-refractivity contribution >= 4 is 17.5 Å². The molecule has 2 amide bonds. The maximum absolute atomic E-state index is 12.4. The number of aryl methyl sites for hydroxylation is 1. The Morgan fingerprint density at radius 2 is 1.78 bits per heavy atom. The molecule has 5 nitrogen and oxygen atoms in total. The quantitative estimate of drug-likeness (QED) is 0.860. The molecule has 0 saturated heterocycles. The van der Waals surface area contributed by atoms with Gasteiger partial charge in [-0.1, -0.05) is 36.8 Å². The predicted octanol–water partition coefficient (Wildman–Crippen LogP) is 2.89. The summed E-state index contributed by atoms with van der Waals surface area (Å²) in [7, 11) is 0. The minimum absolute atomic E-state index is 0.269. The lowest BCUT2D eigenvalue weighted by Gasteiger charge is -2.18. The van der Waals surface area contributed by atoms with Crippen LogP contribution in [-0.2, 0) is 4.79 Å². The Morgan fingerprint density at radius 1 is 1.13 bits per heavy atom. The lowest BCUT2D eigenvalue weighted by atomic mass is 10.1. The lowest BCUT2D eigenvalue weighted by molar-refractivity contribution is -0.122. The Balaban J connectivity index is 2.11. The van der Waals surface area contributed by atoms with Crippen molar-refractivity contribution in [2.45, 2.75) is 26.4 Å². The van der Waals surface area contributed by atoms with Gasteiger partial charge in [-0.15, -0.1) is 0 Å². The molecule has 3 N–H and O–H groups in total. The molecule has 2 rings (SSSR count). The molecule has 1 atom stereocenters. The Labute approximate surface area is 135 Å². The summed E-state index contributed by atoms with van der Waals surface area (Å²) >= 11 is 0.